The molecule has 0 aliphatic rings. The van der Waals surface area contributed by atoms with Crippen LogP contribution in [0.4, 0.5) is 5.69 Å². The van der Waals surface area contributed by atoms with Crippen molar-refractivity contribution in [1.29, 1.82) is 0 Å². The molecule has 98 valence electrons. The van der Waals surface area contributed by atoms with Crippen LogP contribution in [-0.2, 0) is 0 Å². The highest BCUT2D eigenvalue weighted by molar-refractivity contribution is 5.94. The minimum atomic E-state index is -0.556. The van der Waals surface area contributed by atoms with Gasteiger partial charge in [-0.05, 0) is 24.3 Å². The highest BCUT2D eigenvalue weighted by Crippen LogP contribution is 2.18. The summed E-state index contributed by atoms with van der Waals surface area (Å²) in [6.45, 7) is 0. The van der Waals surface area contributed by atoms with E-state index in [-0.39, 0.29) is 11.6 Å². The van der Waals surface area contributed by atoms with Gasteiger partial charge in [0.15, 0.2) is 5.69 Å². The summed E-state index contributed by atoms with van der Waals surface area (Å²) in [6, 6.07) is 6.18. The highest BCUT2D eigenvalue weighted by atomic mass is 16.2. The first-order chi connectivity index (χ1) is 9.02. The molecule has 0 bridgehead atoms. The summed E-state index contributed by atoms with van der Waals surface area (Å²) < 4.78 is 1.42. The Morgan fingerprint density at radius 3 is 2.68 bits per heavy atom. The average Bonchev–Trinajstić information content (AvgIpc) is 2.87. The first-order valence-corrected chi connectivity index (χ1v) is 5.50. The van der Waals surface area contributed by atoms with Gasteiger partial charge in [-0.25, -0.2) is 4.68 Å². The fourth-order valence-corrected chi connectivity index (χ4v) is 1.60. The number of nitrogen functional groups attached to an aromatic ring is 1. The van der Waals surface area contributed by atoms with Crippen LogP contribution in [0.15, 0.2) is 30.5 Å². The van der Waals surface area contributed by atoms with Gasteiger partial charge in [-0.15, -0.1) is 0 Å². The van der Waals surface area contributed by atoms with Crippen LogP contribution in [0, 0.1) is 0 Å². The predicted molar refractivity (Wildman–Crippen MR) is 69.9 cm³/mol. The molecule has 19 heavy (non-hydrogen) atoms. The Balaban J connectivity index is 2.46. The van der Waals surface area contributed by atoms with Crippen LogP contribution in [-0.4, -0.2) is 28.6 Å². The molecule has 0 fully saturated rings. The van der Waals surface area contributed by atoms with Crippen LogP contribution >= 0.6 is 0 Å². The van der Waals surface area contributed by atoms with E-state index >= 15 is 0 Å². The van der Waals surface area contributed by atoms with Crippen molar-refractivity contribution >= 4 is 17.5 Å². The minimum absolute atomic E-state index is 0.256. The number of carbonyl (C=O) groups excluding carboxylic acids is 2. The lowest BCUT2D eigenvalue weighted by Crippen LogP contribution is -2.18. The molecule has 1 aromatic carbocycles. The van der Waals surface area contributed by atoms with E-state index in [4.69, 9.17) is 11.5 Å². The Morgan fingerprint density at radius 2 is 2.05 bits per heavy atom. The quantitative estimate of drug-likeness (QED) is 0.668. The van der Waals surface area contributed by atoms with E-state index in [1.807, 2.05) is 0 Å². The number of primary amides is 1. The fourth-order valence-electron chi connectivity index (χ4n) is 1.60. The van der Waals surface area contributed by atoms with Crippen LogP contribution in [0.2, 0.25) is 0 Å². The van der Waals surface area contributed by atoms with Crippen LogP contribution < -0.4 is 16.8 Å². The predicted octanol–water partition coefficient (Wildman–Crippen LogP) is -0.0870. The van der Waals surface area contributed by atoms with Crippen molar-refractivity contribution in [3.63, 3.8) is 0 Å². The van der Waals surface area contributed by atoms with Crippen LogP contribution in [0.3, 0.4) is 0 Å². The zero-order valence-corrected chi connectivity index (χ0v) is 10.3. The number of carbonyl (C=O) groups is 2. The van der Waals surface area contributed by atoms with E-state index < -0.39 is 5.91 Å². The smallest absolute Gasteiger partial charge is 0.271 e. The largest absolute Gasteiger partial charge is 0.397 e. The van der Waals surface area contributed by atoms with E-state index in [2.05, 4.69) is 10.4 Å². The zero-order valence-electron chi connectivity index (χ0n) is 10.3. The van der Waals surface area contributed by atoms with Gasteiger partial charge < -0.3 is 16.8 Å². The summed E-state index contributed by atoms with van der Waals surface area (Å²) in [5, 5.41) is 6.56. The molecule has 0 spiro atoms. The summed E-state index contributed by atoms with van der Waals surface area (Å²) in [5.74, 6) is -0.858. The van der Waals surface area contributed by atoms with E-state index in [9.17, 15) is 9.59 Å². The maximum Gasteiger partial charge on any atom is 0.271 e. The normalized spacial score (nSPS) is 10.2. The van der Waals surface area contributed by atoms with Gasteiger partial charge in [0.1, 0.15) is 0 Å². The fraction of sp³-hybridized carbons (Fsp3) is 0.0833. The number of rotatable bonds is 3. The molecule has 0 saturated carbocycles. The average molecular weight is 259 g/mol. The van der Waals surface area contributed by atoms with Gasteiger partial charge in [0.25, 0.3) is 5.91 Å². The lowest BCUT2D eigenvalue weighted by molar-refractivity contribution is 0.0956. The molecule has 7 heteroatoms. The molecule has 1 heterocycles. The van der Waals surface area contributed by atoms with Gasteiger partial charge in [-0.2, -0.15) is 5.10 Å². The number of amides is 2. The summed E-state index contributed by atoms with van der Waals surface area (Å²) in [6.07, 6.45) is 1.58. The van der Waals surface area contributed by atoms with Crippen molar-refractivity contribution in [3.8, 4) is 5.69 Å². The van der Waals surface area contributed by atoms with Crippen molar-refractivity contribution in [1.82, 2.24) is 15.1 Å². The van der Waals surface area contributed by atoms with Gasteiger partial charge in [0, 0.05) is 18.8 Å². The number of aromatic nitrogens is 2. The molecular weight excluding hydrogens is 246 g/mol. The molecule has 2 rings (SSSR count). The second-order valence-electron chi connectivity index (χ2n) is 3.86. The molecular formula is C12H13N5O2. The molecule has 5 N–H and O–H groups in total. The van der Waals surface area contributed by atoms with Crippen molar-refractivity contribution < 1.29 is 9.59 Å². The Kier molecular flexibility index (Phi) is 3.19. The van der Waals surface area contributed by atoms with E-state index in [1.54, 1.807) is 18.3 Å². The molecule has 7 nitrogen and oxygen atoms in total. The SMILES string of the molecule is CNC(=O)c1ccn(-c2cc(C(N)=O)ccc2N)n1. The lowest BCUT2D eigenvalue weighted by atomic mass is 10.1. The van der Waals surface area contributed by atoms with Crippen molar-refractivity contribution in [2.24, 2.45) is 5.73 Å². The van der Waals surface area contributed by atoms with Crippen LogP contribution in [0.5, 0.6) is 0 Å². The molecule has 0 atom stereocenters. The molecule has 0 radical (unpaired) electrons. The number of nitrogens with one attached hydrogen (secondary N) is 1. The second-order valence-corrected chi connectivity index (χ2v) is 3.86. The number of nitrogens with zero attached hydrogens (tertiary/aromatic N) is 2. The third kappa shape index (κ3) is 2.39. The van der Waals surface area contributed by atoms with Crippen LogP contribution in [0.1, 0.15) is 20.8 Å². The third-order valence-corrected chi connectivity index (χ3v) is 2.61. The summed E-state index contributed by atoms with van der Waals surface area (Å²) in [7, 11) is 1.52. The molecule has 2 aromatic rings. The molecule has 0 unspecified atom stereocenters. The Labute approximate surface area is 109 Å². The van der Waals surface area contributed by atoms with E-state index in [1.165, 1.54) is 23.9 Å². The minimum Gasteiger partial charge on any atom is -0.397 e. The number of anilines is 1. The standard InChI is InChI=1S/C12H13N5O2/c1-15-12(19)9-4-5-17(16-9)10-6-7(11(14)18)2-3-8(10)13/h2-6H,13H2,1H3,(H2,14,18)(H,15,19). The van der Waals surface area contributed by atoms with E-state index in [0.29, 0.717) is 16.9 Å². The summed E-state index contributed by atoms with van der Waals surface area (Å²) in [5.41, 5.74) is 12.5. The molecule has 0 aliphatic heterocycles. The lowest BCUT2D eigenvalue weighted by Gasteiger charge is -2.07. The molecule has 2 amide bonds. The number of hydrogen-bond donors (Lipinski definition) is 3. The number of hydrogen-bond acceptors (Lipinski definition) is 4. The first-order valence-electron chi connectivity index (χ1n) is 5.50. The van der Waals surface area contributed by atoms with Crippen molar-refractivity contribution in [2.45, 2.75) is 0 Å². The maximum atomic E-state index is 11.4. The van der Waals surface area contributed by atoms with Gasteiger partial charge >= 0.3 is 0 Å². The Hall–Kier alpha value is -2.83. The third-order valence-electron chi connectivity index (χ3n) is 2.61. The van der Waals surface area contributed by atoms with Gasteiger partial charge in [0.05, 0.1) is 11.4 Å². The van der Waals surface area contributed by atoms with Crippen LogP contribution in [0.25, 0.3) is 5.69 Å². The maximum absolute atomic E-state index is 11.4. The summed E-state index contributed by atoms with van der Waals surface area (Å²) in [4.78, 5) is 22.6. The van der Waals surface area contributed by atoms with Crippen molar-refractivity contribution in [2.75, 3.05) is 12.8 Å². The first kappa shape index (κ1) is 12.6. The Morgan fingerprint density at radius 1 is 1.32 bits per heavy atom. The zero-order chi connectivity index (χ0) is 14.0. The Bertz CT molecular complexity index is 647. The highest BCUT2D eigenvalue weighted by Gasteiger charge is 2.11. The topological polar surface area (TPSA) is 116 Å². The van der Waals surface area contributed by atoms with Gasteiger partial charge in [-0.3, -0.25) is 9.59 Å². The molecule has 0 aliphatic carbocycles. The van der Waals surface area contributed by atoms with Crippen molar-refractivity contribution in [3.05, 3.63) is 41.7 Å². The number of benzene rings is 1. The number of nitrogens with two attached hydrogens (primary N) is 2. The molecule has 1 aromatic heterocycles. The second kappa shape index (κ2) is 4.81. The van der Waals surface area contributed by atoms with Gasteiger partial charge in [0.2, 0.25) is 5.91 Å². The van der Waals surface area contributed by atoms with Gasteiger partial charge in [-0.1, -0.05) is 0 Å². The molecule has 0 saturated heterocycles. The summed E-state index contributed by atoms with van der Waals surface area (Å²) >= 11 is 0. The monoisotopic (exact) mass is 259 g/mol. The van der Waals surface area contributed by atoms with E-state index in [0.717, 1.165) is 0 Å².